The molecule has 0 bridgehead atoms. The third kappa shape index (κ3) is 8.14. The number of hydrogen-bond acceptors (Lipinski definition) is 9. The standard InChI is InChI=1S/C48H47N5O7/c1-52-41-21-22-49-29-40(41)37-16-12-31(24-43(37)52)32-13-20-45(50-28-32)60-36-25-35(26-36)59-33-10-7-9-30(11-14-33)8-5-3-2-4-6-23-58-34-15-17-38-39(27-34)48(57)53(47(38)56)42-18-19-44(54)51-46(42)55/h9,12-13,15-17,20-22,24,27-29,33,35-36,42H,2-3,5,7-8,10-11,14,18-19,23,25-26H2,1H3,(H,51,54,55). The fourth-order valence-corrected chi connectivity index (χ4v) is 8.82. The summed E-state index contributed by atoms with van der Waals surface area (Å²) in [5, 5.41) is 4.56. The Morgan fingerprint density at radius 3 is 2.52 bits per heavy atom. The van der Waals surface area contributed by atoms with Crippen LogP contribution in [0.15, 0.2) is 84.8 Å². The van der Waals surface area contributed by atoms with Crippen molar-refractivity contribution < 1.29 is 33.4 Å². The van der Waals surface area contributed by atoms with Crippen molar-refractivity contribution in [3.8, 4) is 34.6 Å². The van der Waals surface area contributed by atoms with Crippen molar-refractivity contribution in [3.05, 3.63) is 96.0 Å². The van der Waals surface area contributed by atoms with Gasteiger partial charge in [0.15, 0.2) is 0 Å². The number of ether oxygens (including phenoxy) is 3. The van der Waals surface area contributed by atoms with E-state index in [1.165, 1.54) is 34.1 Å². The fourth-order valence-electron chi connectivity index (χ4n) is 8.82. The molecule has 2 aromatic carbocycles. The van der Waals surface area contributed by atoms with E-state index in [4.69, 9.17) is 14.2 Å². The molecule has 2 aliphatic carbocycles. The zero-order valence-corrected chi connectivity index (χ0v) is 33.7. The predicted molar refractivity (Wildman–Crippen MR) is 225 cm³/mol. The van der Waals surface area contributed by atoms with Crippen LogP contribution in [0.3, 0.4) is 0 Å². The Morgan fingerprint density at radius 2 is 1.67 bits per heavy atom. The number of imide groups is 2. The number of rotatable bonds is 12. The molecule has 1 saturated carbocycles. The second kappa shape index (κ2) is 17.1. The first kappa shape index (κ1) is 39.2. The van der Waals surface area contributed by atoms with E-state index in [1.54, 1.807) is 6.07 Å². The molecular weight excluding hydrogens is 759 g/mol. The first-order valence-corrected chi connectivity index (χ1v) is 21.0. The van der Waals surface area contributed by atoms with E-state index in [0.29, 0.717) is 11.6 Å². The average molecular weight is 806 g/mol. The molecule has 12 nitrogen and oxygen atoms in total. The number of benzene rings is 2. The van der Waals surface area contributed by atoms with Crippen LogP contribution in [0, 0.1) is 11.8 Å². The Morgan fingerprint density at radius 1 is 0.800 bits per heavy atom. The molecule has 5 aromatic rings. The molecular formula is C48H47N5O7. The molecule has 4 aliphatic rings. The molecule has 60 heavy (non-hydrogen) atoms. The molecule has 12 heteroatoms. The van der Waals surface area contributed by atoms with Crippen LogP contribution in [0.25, 0.3) is 32.9 Å². The second-order valence-corrected chi connectivity index (χ2v) is 16.1. The van der Waals surface area contributed by atoms with Crippen LogP contribution in [0.2, 0.25) is 0 Å². The van der Waals surface area contributed by atoms with Gasteiger partial charge in [0.2, 0.25) is 17.7 Å². The number of allylic oxidation sites excluding steroid dienone is 2. The molecule has 306 valence electrons. The minimum absolute atomic E-state index is 0.0753. The number of nitrogens with zero attached hydrogens (tertiary/aromatic N) is 4. The first-order valence-electron chi connectivity index (χ1n) is 21.0. The number of hydrogen-bond donors (Lipinski definition) is 1. The number of aromatic nitrogens is 3. The molecule has 9 rings (SSSR count). The van der Waals surface area contributed by atoms with Crippen molar-refractivity contribution in [1.82, 2.24) is 24.8 Å². The molecule has 5 heterocycles. The highest BCUT2D eigenvalue weighted by Gasteiger charge is 2.44. The number of pyridine rings is 2. The predicted octanol–water partition coefficient (Wildman–Crippen LogP) is 7.63. The Kier molecular flexibility index (Phi) is 11.2. The summed E-state index contributed by atoms with van der Waals surface area (Å²) in [6, 6.07) is 16.3. The maximum absolute atomic E-state index is 13.1. The molecule has 4 amide bonds. The SMILES string of the molecule is Cn1c2ccncc2c2ccc(-c3ccc(OC4CC(OC5CCC=C(CCCCC#CCOc6ccc7c(c6)C(=O)N(C6CCC(=O)NC6=O)C7=O)CC5)C4)nc3)cc21. The van der Waals surface area contributed by atoms with Gasteiger partial charge >= 0.3 is 0 Å². The highest BCUT2D eigenvalue weighted by Crippen LogP contribution is 2.35. The maximum atomic E-state index is 13.1. The summed E-state index contributed by atoms with van der Waals surface area (Å²) in [6.07, 6.45) is 18.8. The molecule has 2 atom stereocenters. The molecule has 2 unspecified atom stereocenters. The Labute approximate surface area is 348 Å². The quantitative estimate of drug-likeness (QED) is 0.0583. The van der Waals surface area contributed by atoms with E-state index in [2.05, 4.69) is 75.1 Å². The fraction of sp³-hybridized carbons (Fsp3) is 0.375. The zero-order valence-electron chi connectivity index (χ0n) is 33.7. The van der Waals surface area contributed by atoms with E-state index < -0.39 is 29.7 Å². The van der Waals surface area contributed by atoms with Crippen LogP contribution in [0.4, 0.5) is 0 Å². The topological polar surface area (TPSA) is 142 Å². The van der Waals surface area contributed by atoms with Crippen LogP contribution in [0.5, 0.6) is 11.6 Å². The average Bonchev–Trinajstić information content (AvgIpc) is 3.53. The third-order valence-corrected chi connectivity index (χ3v) is 12.2. The van der Waals surface area contributed by atoms with Gasteiger partial charge in [-0.05, 0) is 93.3 Å². The van der Waals surface area contributed by atoms with E-state index in [0.717, 1.165) is 85.6 Å². The van der Waals surface area contributed by atoms with Crippen LogP contribution in [-0.4, -0.2) is 74.0 Å². The molecule has 3 aromatic heterocycles. The van der Waals surface area contributed by atoms with Crippen LogP contribution >= 0.6 is 0 Å². The highest BCUT2D eigenvalue weighted by molar-refractivity contribution is 6.23. The van der Waals surface area contributed by atoms with Gasteiger partial charge in [-0.1, -0.05) is 35.6 Å². The monoisotopic (exact) mass is 805 g/mol. The van der Waals surface area contributed by atoms with E-state index in [-0.39, 0.29) is 48.9 Å². The van der Waals surface area contributed by atoms with Crippen molar-refractivity contribution in [3.63, 3.8) is 0 Å². The maximum Gasteiger partial charge on any atom is 0.262 e. The van der Waals surface area contributed by atoms with Crippen LogP contribution in [-0.2, 0) is 21.4 Å². The van der Waals surface area contributed by atoms with Gasteiger partial charge < -0.3 is 18.8 Å². The number of nitrogens with one attached hydrogen (secondary N) is 1. The molecule has 1 N–H and O–H groups in total. The van der Waals surface area contributed by atoms with Crippen molar-refractivity contribution >= 4 is 45.4 Å². The van der Waals surface area contributed by atoms with Crippen molar-refractivity contribution in [1.29, 1.82) is 0 Å². The van der Waals surface area contributed by atoms with Gasteiger partial charge in [-0.15, -0.1) is 0 Å². The molecule has 2 fully saturated rings. The van der Waals surface area contributed by atoms with Gasteiger partial charge in [-0.3, -0.25) is 34.4 Å². The normalized spacial score (nSPS) is 21.5. The number of piperidine rings is 1. The van der Waals surface area contributed by atoms with Crippen LogP contribution < -0.4 is 14.8 Å². The number of carbonyl (C=O) groups excluding carboxylic acids is 4. The third-order valence-electron chi connectivity index (χ3n) is 12.2. The molecule has 2 aliphatic heterocycles. The second-order valence-electron chi connectivity index (χ2n) is 16.1. The summed E-state index contributed by atoms with van der Waals surface area (Å²) in [5.74, 6) is 5.15. The van der Waals surface area contributed by atoms with Gasteiger partial charge in [-0.2, -0.15) is 0 Å². The lowest BCUT2D eigenvalue weighted by Crippen LogP contribution is -2.54. The lowest BCUT2D eigenvalue weighted by Gasteiger charge is -2.37. The van der Waals surface area contributed by atoms with Gasteiger partial charge in [0, 0.05) is 79.2 Å². The first-order chi connectivity index (χ1) is 29.3. The van der Waals surface area contributed by atoms with Crippen molar-refractivity contribution in [2.24, 2.45) is 7.05 Å². The summed E-state index contributed by atoms with van der Waals surface area (Å²) in [6.45, 7) is 0.158. The van der Waals surface area contributed by atoms with Gasteiger partial charge in [0.05, 0.1) is 28.9 Å². The van der Waals surface area contributed by atoms with E-state index in [1.807, 2.05) is 24.7 Å². The summed E-state index contributed by atoms with van der Waals surface area (Å²) in [7, 11) is 2.09. The van der Waals surface area contributed by atoms with Crippen molar-refractivity contribution in [2.45, 2.75) is 101 Å². The number of unbranched alkanes of at least 4 members (excludes halogenated alkanes) is 2. The Balaban J connectivity index is 0.650. The highest BCUT2D eigenvalue weighted by atomic mass is 16.5. The Hall–Kier alpha value is -6.32. The van der Waals surface area contributed by atoms with E-state index in [9.17, 15) is 19.2 Å². The van der Waals surface area contributed by atoms with Crippen LogP contribution in [0.1, 0.15) is 97.8 Å². The van der Waals surface area contributed by atoms with E-state index >= 15 is 0 Å². The summed E-state index contributed by atoms with van der Waals surface area (Å²) < 4.78 is 20.7. The Bertz CT molecular complexity index is 2580. The minimum Gasteiger partial charge on any atom is -0.481 e. The van der Waals surface area contributed by atoms with Gasteiger partial charge in [0.1, 0.15) is 24.5 Å². The number of aryl methyl sites for hydroxylation is 1. The largest absolute Gasteiger partial charge is 0.481 e. The number of carbonyl (C=O) groups is 4. The lowest BCUT2D eigenvalue weighted by atomic mass is 9.91. The molecule has 0 spiro atoms. The minimum atomic E-state index is -0.999. The molecule has 1 saturated heterocycles. The van der Waals surface area contributed by atoms with Crippen molar-refractivity contribution in [2.75, 3.05) is 6.61 Å². The summed E-state index contributed by atoms with van der Waals surface area (Å²) in [4.78, 5) is 59.7. The zero-order chi connectivity index (χ0) is 41.2. The molecule has 0 radical (unpaired) electrons. The number of amides is 4. The smallest absolute Gasteiger partial charge is 0.262 e. The summed E-state index contributed by atoms with van der Waals surface area (Å²) >= 11 is 0. The van der Waals surface area contributed by atoms with Gasteiger partial charge in [0.25, 0.3) is 11.8 Å². The summed E-state index contributed by atoms with van der Waals surface area (Å²) in [5.41, 5.74) is 6.42. The lowest BCUT2D eigenvalue weighted by molar-refractivity contribution is -0.136. The number of fused-ring (bicyclic) bond motifs is 4. The van der Waals surface area contributed by atoms with Gasteiger partial charge in [-0.25, -0.2) is 4.98 Å².